The number of carboxylic acid groups (broad SMARTS) is 1. The molecule has 0 aliphatic carbocycles. The molecule has 2 aromatic carbocycles. The summed E-state index contributed by atoms with van der Waals surface area (Å²) in [5.74, 6) is -0.877. The van der Waals surface area contributed by atoms with E-state index < -0.39 is 5.97 Å². The first-order valence-electron chi connectivity index (χ1n) is 6.54. The molecule has 0 aliphatic rings. The minimum Gasteiger partial charge on any atom is -0.478 e. The number of rotatable bonds is 3. The summed E-state index contributed by atoms with van der Waals surface area (Å²) in [4.78, 5) is 14.6. The van der Waals surface area contributed by atoms with Crippen LogP contribution >= 0.6 is 0 Å². The summed E-state index contributed by atoms with van der Waals surface area (Å²) in [5, 5.41) is 10.4. The quantitative estimate of drug-likeness (QED) is 0.757. The summed E-state index contributed by atoms with van der Waals surface area (Å²) in [5.41, 5.74) is 4.55. The molecule has 20 heavy (non-hydrogen) atoms. The summed E-state index contributed by atoms with van der Waals surface area (Å²) >= 11 is 0. The second-order valence-corrected chi connectivity index (χ2v) is 4.91. The average Bonchev–Trinajstić information content (AvgIpc) is 2.76. The molecule has 0 amide bonds. The predicted molar refractivity (Wildman–Crippen MR) is 79.2 cm³/mol. The van der Waals surface area contributed by atoms with Crippen LogP contribution in [0.3, 0.4) is 0 Å². The molecule has 0 atom stereocenters. The molecule has 1 heterocycles. The SMILES string of the molecule is Cc1[nH]c2ccccc2c1Cc1ccccc1C(=O)O. The molecule has 3 nitrogen and oxygen atoms in total. The summed E-state index contributed by atoms with van der Waals surface area (Å²) in [6.45, 7) is 2.03. The smallest absolute Gasteiger partial charge is 0.335 e. The molecular formula is C17H15NO2. The number of para-hydroxylation sites is 1. The van der Waals surface area contributed by atoms with Crippen LogP contribution in [0.2, 0.25) is 0 Å². The van der Waals surface area contributed by atoms with Gasteiger partial charge >= 0.3 is 5.97 Å². The van der Waals surface area contributed by atoms with E-state index in [2.05, 4.69) is 11.1 Å². The number of fused-ring (bicyclic) bond motifs is 1. The third-order valence-electron chi connectivity index (χ3n) is 3.64. The van der Waals surface area contributed by atoms with Gasteiger partial charge in [-0.2, -0.15) is 0 Å². The van der Waals surface area contributed by atoms with Crippen molar-refractivity contribution in [2.45, 2.75) is 13.3 Å². The molecule has 0 saturated carbocycles. The highest BCUT2D eigenvalue weighted by molar-refractivity contribution is 5.90. The van der Waals surface area contributed by atoms with Crippen molar-refractivity contribution in [1.82, 2.24) is 4.98 Å². The first-order valence-corrected chi connectivity index (χ1v) is 6.54. The second-order valence-electron chi connectivity index (χ2n) is 4.91. The van der Waals surface area contributed by atoms with Crippen LogP contribution in [0.4, 0.5) is 0 Å². The van der Waals surface area contributed by atoms with Crippen molar-refractivity contribution >= 4 is 16.9 Å². The van der Waals surface area contributed by atoms with Crippen molar-refractivity contribution in [2.75, 3.05) is 0 Å². The minimum absolute atomic E-state index is 0.372. The van der Waals surface area contributed by atoms with Gasteiger partial charge in [0.1, 0.15) is 0 Å². The van der Waals surface area contributed by atoms with Gasteiger partial charge in [0, 0.05) is 23.0 Å². The van der Waals surface area contributed by atoms with Gasteiger partial charge in [-0.1, -0.05) is 36.4 Å². The number of hydrogen-bond acceptors (Lipinski definition) is 1. The lowest BCUT2D eigenvalue weighted by molar-refractivity contribution is 0.0696. The molecule has 0 saturated heterocycles. The van der Waals surface area contributed by atoms with Crippen LogP contribution in [0.25, 0.3) is 10.9 Å². The van der Waals surface area contributed by atoms with Crippen LogP contribution in [0.5, 0.6) is 0 Å². The molecule has 0 unspecified atom stereocenters. The maximum absolute atomic E-state index is 11.3. The van der Waals surface area contributed by atoms with Gasteiger partial charge in [0.15, 0.2) is 0 Å². The fraction of sp³-hybridized carbons (Fsp3) is 0.118. The zero-order valence-corrected chi connectivity index (χ0v) is 11.2. The molecule has 0 spiro atoms. The number of aromatic nitrogens is 1. The van der Waals surface area contributed by atoms with Crippen LogP contribution in [0, 0.1) is 6.92 Å². The molecular weight excluding hydrogens is 250 g/mol. The number of aromatic amines is 1. The Morgan fingerprint density at radius 2 is 1.80 bits per heavy atom. The van der Waals surface area contributed by atoms with Crippen LogP contribution < -0.4 is 0 Å². The topological polar surface area (TPSA) is 53.1 Å². The van der Waals surface area contributed by atoms with E-state index in [4.69, 9.17) is 0 Å². The van der Waals surface area contributed by atoms with E-state index in [1.165, 1.54) is 0 Å². The summed E-state index contributed by atoms with van der Waals surface area (Å²) < 4.78 is 0. The number of benzene rings is 2. The largest absolute Gasteiger partial charge is 0.478 e. The lowest BCUT2D eigenvalue weighted by atomic mass is 9.98. The molecule has 0 radical (unpaired) electrons. The van der Waals surface area contributed by atoms with Gasteiger partial charge in [0.2, 0.25) is 0 Å². The fourth-order valence-electron chi connectivity index (χ4n) is 2.64. The zero-order chi connectivity index (χ0) is 14.1. The van der Waals surface area contributed by atoms with Crippen molar-refractivity contribution in [2.24, 2.45) is 0 Å². The van der Waals surface area contributed by atoms with Crippen molar-refractivity contribution in [3.05, 3.63) is 70.9 Å². The fourth-order valence-corrected chi connectivity index (χ4v) is 2.64. The van der Waals surface area contributed by atoms with E-state index in [0.717, 1.165) is 27.7 Å². The Morgan fingerprint density at radius 1 is 1.10 bits per heavy atom. The van der Waals surface area contributed by atoms with Crippen LogP contribution in [0.15, 0.2) is 48.5 Å². The lowest BCUT2D eigenvalue weighted by Gasteiger charge is -2.06. The van der Waals surface area contributed by atoms with Gasteiger partial charge in [-0.3, -0.25) is 0 Å². The minimum atomic E-state index is -0.877. The number of carbonyl (C=O) groups is 1. The van der Waals surface area contributed by atoms with Crippen LogP contribution in [0.1, 0.15) is 27.2 Å². The van der Waals surface area contributed by atoms with Gasteiger partial charge in [-0.05, 0) is 30.2 Å². The second kappa shape index (κ2) is 4.85. The molecule has 0 aliphatic heterocycles. The van der Waals surface area contributed by atoms with E-state index in [1.54, 1.807) is 12.1 Å². The van der Waals surface area contributed by atoms with Gasteiger partial charge in [0.25, 0.3) is 0 Å². The maximum Gasteiger partial charge on any atom is 0.335 e. The highest BCUT2D eigenvalue weighted by atomic mass is 16.4. The molecule has 3 aromatic rings. The number of H-pyrrole nitrogens is 1. The van der Waals surface area contributed by atoms with E-state index in [0.29, 0.717) is 12.0 Å². The molecule has 0 fully saturated rings. The van der Waals surface area contributed by atoms with E-state index >= 15 is 0 Å². The van der Waals surface area contributed by atoms with Gasteiger partial charge in [0.05, 0.1) is 5.56 Å². The normalized spacial score (nSPS) is 10.8. The molecule has 3 rings (SSSR count). The van der Waals surface area contributed by atoms with Gasteiger partial charge in [-0.15, -0.1) is 0 Å². The Balaban J connectivity index is 2.10. The van der Waals surface area contributed by atoms with Crippen LogP contribution in [-0.4, -0.2) is 16.1 Å². The van der Waals surface area contributed by atoms with Crippen LogP contribution in [-0.2, 0) is 6.42 Å². The summed E-state index contributed by atoms with van der Waals surface area (Å²) in [7, 11) is 0. The highest BCUT2D eigenvalue weighted by Crippen LogP contribution is 2.25. The number of nitrogens with one attached hydrogen (secondary N) is 1. The monoisotopic (exact) mass is 265 g/mol. The Labute approximate surface area is 116 Å². The average molecular weight is 265 g/mol. The molecule has 2 N–H and O–H groups in total. The Morgan fingerprint density at radius 3 is 2.60 bits per heavy atom. The van der Waals surface area contributed by atoms with Crippen molar-refractivity contribution < 1.29 is 9.90 Å². The number of aromatic carboxylic acids is 1. The Bertz CT molecular complexity index is 787. The van der Waals surface area contributed by atoms with Crippen molar-refractivity contribution in [3.8, 4) is 0 Å². The first-order chi connectivity index (χ1) is 9.66. The molecule has 0 bridgehead atoms. The highest BCUT2D eigenvalue weighted by Gasteiger charge is 2.13. The van der Waals surface area contributed by atoms with Crippen molar-refractivity contribution in [3.63, 3.8) is 0 Å². The number of hydrogen-bond donors (Lipinski definition) is 2. The Hall–Kier alpha value is -2.55. The predicted octanol–water partition coefficient (Wildman–Crippen LogP) is 3.77. The lowest BCUT2D eigenvalue weighted by Crippen LogP contribution is -2.03. The zero-order valence-electron chi connectivity index (χ0n) is 11.2. The maximum atomic E-state index is 11.3. The summed E-state index contributed by atoms with van der Waals surface area (Å²) in [6, 6.07) is 15.3. The summed E-state index contributed by atoms with van der Waals surface area (Å²) in [6.07, 6.45) is 0.623. The van der Waals surface area contributed by atoms with E-state index in [-0.39, 0.29) is 0 Å². The van der Waals surface area contributed by atoms with Crippen molar-refractivity contribution in [1.29, 1.82) is 0 Å². The first kappa shape index (κ1) is 12.5. The molecule has 1 aromatic heterocycles. The van der Waals surface area contributed by atoms with E-state index in [9.17, 15) is 9.90 Å². The van der Waals surface area contributed by atoms with E-state index in [1.807, 2.05) is 37.3 Å². The molecule has 100 valence electrons. The standard InChI is InChI=1S/C17H15NO2/c1-11-15(14-8-4-5-9-16(14)18-11)10-12-6-2-3-7-13(12)17(19)20/h2-9,18H,10H2,1H3,(H,19,20). The molecule has 3 heteroatoms. The van der Waals surface area contributed by atoms with Gasteiger partial charge < -0.3 is 10.1 Å². The number of carboxylic acids is 1. The van der Waals surface area contributed by atoms with Gasteiger partial charge in [-0.25, -0.2) is 4.79 Å². The third kappa shape index (κ3) is 2.07. The number of aryl methyl sites for hydroxylation is 1. The third-order valence-corrected chi connectivity index (χ3v) is 3.64. The Kier molecular flexibility index (Phi) is 3.03.